The molecular weight excluding hydrogens is 320 g/mol. The predicted molar refractivity (Wildman–Crippen MR) is 81.6 cm³/mol. The van der Waals surface area contributed by atoms with Gasteiger partial charge in [0.25, 0.3) is 5.91 Å². The molecule has 20 heavy (non-hydrogen) atoms. The summed E-state index contributed by atoms with van der Waals surface area (Å²) in [7, 11) is 0. The largest absolute Gasteiger partial charge is 0.352 e. The molecule has 2 amide bonds. The van der Waals surface area contributed by atoms with Crippen LogP contribution in [0.25, 0.3) is 0 Å². The molecule has 1 fully saturated rings. The Bertz CT molecular complexity index is 531. The summed E-state index contributed by atoms with van der Waals surface area (Å²) in [4.78, 5) is 25.5. The SMILES string of the molecule is CC(=O)NC1CCCN(C(=O)c2ccc(C)cc2Br)C1. The van der Waals surface area contributed by atoms with Crippen LogP contribution in [0.4, 0.5) is 0 Å². The molecule has 1 N–H and O–H groups in total. The van der Waals surface area contributed by atoms with Crippen molar-refractivity contribution in [1.82, 2.24) is 10.2 Å². The second kappa shape index (κ2) is 6.39. The first-order chi connectivity index (χ1) is 9.47. The van der Waals surface area contributed by atoms with Crippen LogP contribution in [-0.4, -0.2) is 35.8 Å². The maximum absolute atomic E-state index is 12.5. The van der Waals surface area contributed by atoms with Gasteiger partial charge in [-0.1, -0.05) is 6.07 Å². The number of likely N-dealkylation sites (tertiary alicyclic amines) is 1. The third-order valence-corrected chi connectivity index (χ3v) is 4.13. The zero-order valence-electron chi connectivity index (χ0n) is 11.8. The molecule has 1 atom stereocenters. The molecule has 1 aliphatic heterocycles. The van der Waals surface area contributed by atoms with E-state index in [1.54, 1.807) is 0 Å². The van der Waals surface area contributed by atoms with E-state index >= 15 is 0 Å². The van der Waals surface area contributed by atoms with E-state index in [-0.39, 0.29) is 17.9 Å². The molecule has 1 unspecified atom stereocenters. The molecule has 1 aromatic carbocycles. The van der Waals surface area contributed by atoms with Crippen molar-refractivity contribution in [3.63, 3.8) is 0 Å². The third-order valence-electron chi connectivity index (χ3n) is 3.47. The molecule has 2 rings (SSSR count). The molecule has 5 heteroatoms. The van der Waals surface area contributed by atoms with E-state index in [2.05, 4.69) is 21.2 Å². The Labute approximate surface area is 127 Å². The molecule has 1 saturated heterocycles. The smallest absolute Gasteiger partial charge is 0.255 e. The van der Waals surface area contributed by atoms with E-state index in [1.165, 1.54) is 6.92 Å². The van der Waals surface area contributed by atoms with Gasteiger partial charge in [0.05, 0.1) is 5.56 Å². The van der Waals surface area contributed by atoms with Crippen LogP contribution in [0.5, 0.6) is 0 Å². The van der Waals surface area contributed by atoms with Gasteiger partial charge in [-0.05, 0) is 53.4 Å². The van der Waals surface area contributed by atoms with Crippen LogP contribution in [0, 0.1) is 6.92 Å². The van der Waals surface area contributed by atoms with E-state index in [0.717, 1.165) is 29.4 Å². The summed E-state index contributed by atoms with van der Waals surface area (Å²) >= 11 is 3.45. The minimum absolute atomic E-state index is 0.0203. The van der Waals surface area contributed by atoms with Crippen LogP contribution in [0.2, 0.25) is 0 Å². The molecule has 0 aromatic heterocycles. The van der Waals surface area contributed by atoms with E-state index in [4.69, 9.17) is 0 Å². The van der Waals surface area contributed by atoms with Crippen molar-refractivity contribution in [3.8, 4) is 0 Å². The van der Waals surface area contributed by atoms with Crippen molar-refractivity contribution >= 4 is 27.7 Å². The highest BCUT2D eigenvalue weighted by Gasteiger charge is 2.25. The van der Waals surface area contributed by atoms with Crippen LogP contribution >= 0.6 is 15.9 Å². The lowest BCUT2D eigenvalue weighted by molar-refractivity contribution is -0.120. The van der Waals surface area contributed by atoms with E-state index in [9.17, 15) is 9.59 Å². The number of halogens is 1. The molecule has 0 spiro atoms. The summed E-state index contributed by atoms with van der Waals surface area (Å²) in [6, 6.07) is 5.80. The number of nitrogens with one attached hydrogen (secondary N) is 1. The van der Waals surface area contributed by atoms with Gasteiger partial charge in [0.15, 0.2) is 0 Å². The van der Waals surface area contributed by atoms with Crippen LogP contribution < -0.4 is 5.32 Å². The topological polar surface area (TPSA) is 49.4 Å². The summed E-state index contributed by atoms with van der Waals surface area (Å²) in [5.41, 5.74) is 1.79. The van der Waals surface area contributed by atoms with E-state index in [1.807, 2.05) is 30.0 Å². The Hall–Kier alpha value is -1.36. The van der Waals surface area contributed by atoms with Crippen molar-refractivity contribution in [2.75, 3.05) is 13.1 Å². The summed E-state index contributed by atoms with van der Waals surface area (Å²) < 4.78 is 0.823. The van der Waals surface area contributed by atoms with Gasteiger partial charge in [0.1, 0.15) is 0 Å². The molecule has 0 bridgehead atoms. The fourth-order valence-electron chi connectivity index (χ4n) is 2.53. The Kier molecular flexibility index (Phi) is 4.81. The van der Waals surface area contributed by atoms with Gasteiger partial charge < -0.3 is 10.2 Å². The first-order valence-electron chi connectivity index (χ1n) is 6.80. The Morgan fingerprint density at radius 2 is 2.15 bits per heavy atom. The first-order valence-corrected chi connectivity index (χ1v) is 7.59. The normalized spacial score (nSPS) is 18.8. The molecule has 1 heterocycles. The van der Waals surface area contributed by atoms with Gasteiger partial charge in [-0.2, -0.15) is 0 Å². The number of amides is 2. The lowest BCUT2D eigenvalue weighted by atomic mass is 10.0. The number of hydrogen-bond donors (Lipinski definition) is 1. The average Bonchev–Trinajstić information content (AvgIpc) is 2.37. The molecule has 0 radical (unpaired) electrons. The van der Waals surface area contributed by atoms with Crippen molar-refractivity contribution in [2.45, 2.75) is 32.7 Å². The number of hydrogen-bond acceptors (Lipinski definition) is 2. The van der Waals surface area contributed by atoms with Gasteiger partial charge in [0.2, 0.25) is 5.91 Å². The maximum Gasteiger partial charge on any atom is 0.255 e. The van der Waals surface area contributed by atoms with Crippen LogP contribution in [0.3, 0.4) is 0 Å². The van der Waals surface area contributed by atoms with Gasteiger partial charge in [-0.3, -0.25) is 9.59 Å². The number of carbonyl (C=O) groups is 2. The van der Waals surface area contributed by atoms with Crippen LogP contribution in [0.1, 0.15) is 35.7 Å². The summed E-state index contributed by atoms with van der Waals surface area (Å²) in [6.45, 7) is 4.83. The second-order valence-electron chi connectivity index (χ2n) is 5.27. The fourth-order valence-corrected chi connectivity index (χ4v) is 3.19. The fraction of sp³-hybridized carbons (Fsp3) is 0.467. The van der Waals surface area contributed by atoms with Gasteiger partial charge >= 0.3 is 0 Å². The highest BCUT2D eigenvalue weighted by atomic mass is 79.9. The Morgan fingerprint density at radius 3 is 2.80 bits per heavy atom. The van der Waals surface area contributed by atoms with Crippen molar-refractivity contribution in [3.05, 3.63) is 33.8 Å². The van der Waals surface area contributed by atoms with Crippen molar-refractivity contribution in [1.29, 1.82) is 0 Å². The zero-order chi connectivity index (χ0) is 14.7. The second-order valence-corrected chi connectivity index (χ2v) is 6.13. The molecule has 1 aliphatic rings. The highest BCUT2D eigenvalue weighted by Crippen LogP contribution is 2.22. The zero-order valence-corrected chi connectivity index (χ0v) is 13.4. The van der Waals surface area contributed by atoms with Gasteiger partial charge in [-0.25, -0.2) is 0 Å². The van der Waals surface area contributed by atoms with E-state index < -0.39 is 0 Å². The van der Waals surface area contributed by atoms with Crippen molar-refractivity contribution < 1.29 is 9.59 Å². The minimum Gasteiger partial charge on any atom is -0.352 e. The van der Waals surface area contributed by atoms with E-state index in [0.29, 0.717) is 12.1 Å². The molecule has 0 aliphatic carbocycles. The number of benzene rings is 1. The summed E-state index contributed by atoms with van der Waals surface area (Å²) in [5, 5.41) is 2.90. The monoisotopic (exact) mass is 338 g/mol. The highest BCUT2D eigenvalue weighted by molar-refractivity contribution is 9.10. The standard InChI is InChI=1S/C15H19BrN2O2/c1-10-5-6-13(14(16)8-10)15(20)18-7-3-4-12(9-18)17-11(2)19/h5-6,8,12H,3-4,7,9H2,1-2H3,(H,17,19). The number of aryl methyl sites for hydroxylation is 1. The quantitative estimate of drug-likeness (QED) is 0.900. The third kappa shape index (κ3) is 3.60. The Morgan fingerprint density at radius 1 is 1.40 bits per heavy atom. The Balaban J connectivity index is 2.10. The van der Waals surface area contributed by atoms with Gasteiger partial charge in [-0.15, -0.1) is 0 Å². The molecule has 1 aromatic rings. The first kappa shape index (κ1) is 15.0. The summed E-state index contributed by atoms with van der Waals surface area (Å²) in [5.74, 6) is -0.0206. The number of piperidine rings is 1. The minimum atomic E-state index is -0.0409. The lowest BCUT2D eigenvalue weighted by Gasteiger charge is -2.33. The predicted octanol–water partition coefficient (Wildman–Crippen LogP) is 2.50. The van der Waals surface area contributed by atoms with Crippen LogP contribution in [0.15, 0.2) is 22.7 Å². The number of nitrogens with zero attached hydrogens (tertiary/aromatic N) is 1. The molecule has 4 nitrogen and oxygen atoms in total. The molecule has 0 saturated carbocycles. The lowest BCUT2D eigenvalue weighted by Crippen LogP contribution is -2.49. The number of carbonyl (C=O) groups excluding carboxylic acids is 2. The molecular formula is C15H19BrN2O2. The molecule has 108 valence electrons. The van der Waals surface area contributed by atoms with Gasteiger partial charge in [0, 0.05) is 30.5 Å². The van der Waals surface area contributed by atoms with Crippen LogP contribution in [-0.2, 0) is 4.79 Å². The maximum atomic E-state index is 12.5. The average molecular weight is 339 g/mol. The summed E-state index contributed by atoms with van der Waals surface area (Å²) in [6.07, 6.45) is 1.85. The number of rotatable bonds is 2. The van der Waals surface area contributed by atoms with Crippen molar-refractivity contribution in [2.24, 2.45) is 0 Å².